The van der Waals surface area contributed by atoms with Crippen LogP contribution in [0.5, 0.6) is 5.75 Å². The summed E-state index contributed by atoms with van der Waals surface area (Å²) >= 11 is 7.95. The Bertz CT molecular complexity index is 1170. The zero-order valence-electron chi connectivity index (χ0n) is 21.6. The first-order valence-corrected chi connectivity index (χ1v) is 14.6. The van der Waals surface area contributed by atoms with Crippen molar-refractivity contribution in [2.24, 2.45) is 11.8 Å². The van der Waals surface area contributed by atoms with Gasteiger partial charge in [0.05, 0.1) is 12.6 Å². The molecule has 1 aliphatic rings. The molecule has 198 valence electrons. The van der Waals surface area contributed by atoms with Gasteiger partial charge in [0.15, 0.2) is 0 Å². The minimum Gasteiger partial charge on any atom is -0.497 e. The summed E-state index contributed by atoms with van der Waals surface area (Å²) in [5, 5.41) is 11.3. The molecule has 7 heteroatoms. The Balaban J connectivity index is 1.28. The number of piperidine rings is 1. The number of aryl methyl sites for hydroxylation is 1. The molecule has 4 rings (SSSR count). The lowest BCUT2D eigenvalue weighted by atomic mass is 9.79. The van der Waals surface area contributed by atoms with Crippen molar-refractivity contribution in [3.63, 3.8) is 0 Å². The van der Waals surface area contributed by atoms with Crippen LogP contribution in [0.3, 0.4) is 0 Å². The summed E-state index contributed by atoms with van der Waals surface area (Å²) in [5.41, 5.74) is 2.31. The van der Waals surface area contributed by atoms with Crippen LogP contribution >= 0.6 is 23.4 Å². The molecule has 1 aromatic heterocycles. The molecule has 5 nitrogen and oxygen atoms in total. The fourth-order valence-corrected chi connectivity index (χ4v) is 6.64. The minimum atomic E-state index is -0.689. The van der Waals surface area contributed by atoms with Crippen molar-refractivity contribution in [1.29, 1.82) is 0 Å². The number of thioether (sulfide) groups is 1. The van der Waals surface area contributed by atoms with E-state index in [2.05, 4.69) is 28.1 Å². The number of carboxylic acids is 1. The molecule has 0 spiro atoms. The molecule has 3 aromatic rings. The summed E-state index contributed by atoms with van der Waals surface area (Å²) in [7, 11) is 1.69. The zero-order valence-corrected chi connectivity index (χ0v) is 23.1. The predicted octanol–water partition coefficient (Wildman–Crippen LogP) is 7.20. The maximum Gasteiger partial charge on any atom is 0.303 e. The number of aliphatic carboxylic acids is 1. The maximum absolute atomic E-state index is 11.3. The average Bonchev–Trinajstić information content (AvgIpc) is 2.90. The van der Waals surface area contributed by atoms with E-state index in [1.165, 1.54) is 10.5 Å². The number of nitrogens with zero attached hydrogens (tertiary/aromatic N) is 2. The number of aromatic nitrogens is 1. The Morgan fingerprint density at radius 2 is 2.05 bits per heavy atom. The van der Waals surface area contributed by atoms with Gasteiger partial charge < -0.3 is 14.7 Å². The Morgan fingerprint density at radius 1 is 1.16 bits per heavy atom. The smallest absolute Gasteiger partial charge is 0.303 e. The number of ether oxygens (including phenoxy) is 1. The predicted molar refractivity (Wildman–Crippen MR) is 153 cm³/mol. The highest BCUT2D eigenvalue weighted by molar-refractivity contribution is 7.99. The molecule has 0 bridgehead atoms. The highest BCUT2D eigenvalue weighted by Gasteiger charge is 2.29. The summed E-state index contributed by atoms with van der Waals surface area (Å²) in [5.74, 6) is 2.25. The Labute approximate surface area is 229 Å². The van der Waals surface area contributed by atoms with E-state index in [1.807, 2.05) is 48.3 Å². The van der Waals surface area contributed by atoms with E-state index in [9.17, 15) is 9.90 Å². The van der Waals surface area contributed by atoms with Crippen molar-refractivity contribution in [2.45, 2.75) is 49.8 Å². The van der Waals surface area contributed by atoms with Gasteiger partial charge in [-0.15, -0.1) is 11.8 Å². The quantitative estimate of drug-likeness (QED) is 0.183. The van der Waals surface area contributed by atoms with Gasteiger partial charge in [0.25, 0.3) is 0 Å². The van der Waals surface area contributed by atoms with Crippen molar-refractivity contribution < 1.29 is 14.6 Å². The third kappa shape index (κ3) is 8.36. The third-order valence-corrected chi connectivity index (χ3v) is 8.76. The molecule has 37 heavy (non-hydrogen) atoms. The van der Waals surface area contributed by atoms with Gasteiger partial charge >= 0.3 is 5.97 Å². The molecule has 2 unspecified atom stereocenters. The molecule has 1 saturated heterocycles. The van der Waals surface area contributed by atoms with Gasteiger partial charge in [0, 0.05) is 34.5 Å². The van der Waals surface area contributed by atoms with Crippen molar-refractivity contribution in [1.82, 2.24) is 9.88 Å². The van der Waals surface area contributed by atoms with Gasteiger partial charge in [-0.05, 0) is 117 Å². The number of benzene rings is 2. The van der Waals surface area contributed by atoms with Crippen LogP contribution in [-0.4, -0.2) is 53.5 Å². The van der Waals surface area contributed by atoms with Crippen LogP contribution in [0.1, 0.15) is 44.1 Å². The topological polar surface area (TPSA) is 62.7 Å². The molecule has 0 saturated carbocycles. The summed E-state index contributed by atoms with van der Waals surface area (Å²) in [6.45, 7) is 3.18. The zero-order chi connectivity index (χ0) is 26.0. The number of hydrogen-bond acceptors (Lipinski definition) is 5. The Hall–Kier alpha value is -2.28. The maximum atomic E-state index is 11.3. The highest BCUT2D eigenvalue weighted by atomic mass is 35.5. The van der Waals surface area contributed by atoms with Crippen LogP contribution in [0.2, 0.25) is 5.02 Å². The van der Waals surface area contributed by atoms with Gasteiger partial charge in [-0.25, -0.2) is 0 Å². The monoisotopic (exact) mass is 540 g/mol. The van der Waals surface area contributed by atoms with Crippen LogP contribution in [0.15, 0.2) is 59.6 Å². The van der Waals surface area contributed by atoms with Crippen LogP contribution in [0, 0.1) is 11.8 Å². The second kappa shape index (κ2) is 14.0. The molecule has 0 aliphatic carbocycles. The molecular weight excluding hydrogens is 504 g/mol. The summed E-state index contributed by atoms with van der Waals surface area (Å²) < 4.78 is 5.42. The number of rotatable bonds is 13. The van der Waals surface area contributed by atoms with Gasteiger partial charge in [0.2, 0.25) is 0 Å². The van der Waals surface area contributed by atoms with Gasteiger partial charge in [0.1, 0.15) is 5.75 Å². The molecule has 0 amide bonds. The summed E-state index contributed by atoms with van der Waals surface area (Å²) in [6, 6.07) is 16.2. The molecule has 2 atom stereocenters. The Kier molecular flexibility index (Phi) is 10.5. The number of hydrogen-bond donors (Lipinski definition) is 1. The van der Waals surface area contributed by atoms with Crippen molar-refractivity contribution in [3.05, 3.63) is 65.3 Å². The van der Waals surface area contributed by atoms with Crippen LogP contribution < -0.4 is 4.74 Å². The second-order valence-electron chi connectivity index (χ2n) is 9.95. The average molecular weight is 541 g/mol. The first kappa shape index (κ1) is 27.7. The minimum absolute atomic E-state index is 0.258. The molecular formula is C30H37ClN2O3S. The van der Waals surface area contributed by atoms with Crippen molar-refractivity contribution in [3.8, 4) is 5.75 Å². The summed E-state index contributed by atoms with van der Waals surface area (Å²) in [4.78, 5) is 19.6. The normalized spacial score (nSPS) is 18.2. The van der Waals surface area contributed by atoms with Crippen LogP contribution in [-0.2, 0) is 11.2 Å². The third-order valence-electron chi connectivity index (χ3n) is 7.45. The number of halogens is 1. The molecule has 1 fully saturated rings. The SMILES string of the molecule is COc1ccc2nccc(CCCC3CCN(CCCSc4cccc(Cl)c4)CC3CCC(=O)O)c2c1. The molecule has 2 heterocycles. The van der Waals surface area contributed by atoms with Crippen molar-refractivity contribution in [2.75, 3.05) is 32.5 Å². The first-order chi connectivity index (χ1) is 18.0. The number of fused-ring (bicyclic) bond motifs is 1. The standard InChI is InChI=1S/C30H37ClN2O3S/c1-36-26-10-11-29-28(20-26)23(13-15-32-29)6-2-5-22-14-17-33(21-24(22)9-12-30(34)35)16-4-18-37-27-8-3-7-25(31)19-27/h3,7-8,10-11,13,15,19-20,22,24H,2,4-6,9,12,14,16-18,21H2,1H3,(H,34,35). The number of carboxylic acid groups (broad SMARTS) is 1. The van der Waals surface area contributed by atoms with Gasteiger partial charge in [-0.1, -0.05) is 17.7 Å². The lowest BCUT2D eigenvalue weighted by Crippen LogP contribution is -2.41. The molecule has 1 N–H and O–H groups in total. The number of likely N-dealkylation sites (tertiary alicyclic amines) is 1. The largest absolute Gasteiger partial charge is 0.497 e. The fraction of sp³-hybridized carbons (Fsp3) is 0.467. The number of pyridine rings is 1. The summed E-state index contributed by atoms with van der Waals surface area (Å²) in [6.07, 6.45) is 8.42. The molecule has 1 aliphatic heterocycles. The van der Waals surface area contributed by atoms with Crippen molar-refractivity contribution >= 4 is 40.2 Å². The second-order valence-corrected chi connectivity index (χ2v) is 11.6. The van der Waals surface area contributed by atoms with E-state index in [0.717, 1.165) is 85.6 Å². The molecule has 2 aromatic carbocycles. The van der Waals surface area contributed by atoms with E-state index in [1.54, 1.807) is 7.11 Å². The van der Waals surface area contributed by atoms with Crippen LogP contribution in [0.25, 0.3) is 10.9 Å². The fourth-order valence-electron chi connectivity index (χ4n) is 5.49. The highest BCUT2D eigenvalue weighted by Crippen LogP contribution is 2.33. The Morgan fingerprint density at radius 3 is 2.86 bits per heavy atom. The van der Waals surface area contributed by atoms with E-state index < -0.39 is 5.97 Å². The number of methoxy groups -OCH3 is 1. The van der Waals surface area contributed by atoms with E-state index >= 15 is 0 Å². The van der Waals surface area contributed by atoms with E-state index in [4.69, 9.17) is 16.3 Å². The van der Waals surface area contributed by atoms with Crippen LogP contribution in [0.4, 0.5) is 0 Å². The van der Waals surface area contributed by atoms with E-state index in [0.29, 0.717) is 11.8 Å². The van der Waals surface area contributed by atoms with E-state index in [-0.39, 0.29) is 6.42 Å². The van der Waals surface area contributed by atoms with Gasteiger partial charge in [-0.2, -0.15) is 0 Å². The lowest BCUT2D eigenvalue weighted by Gasteiger charge is -2.39. The first-order valence-electron chi connectivity index (χ1n) is 13.3. The van der Waals surface area contributed by atoms with Gasteiger partial charge in [-0.3, -0.25) is 9.78 Å². The number of carbonyl (C=O) groups is 1. The molecule has 0 radical (unpaired) electrons. The lowest BCUT2D eigenvalue weighted by molar-refractivity contribution is -0.137.